The van der Waals surface area contributed by atoms with Gasteiger partial charge in [0.15, 0.2) is 0 Å². The zero-order valence-corrected chi connectivity index (χ0v) is 18.6. The van der Waals surface area contributed by atoms with Gasteiger partial charge in [-0.15, -0.1) is 0 Å². The van der Waals surface area contributed by atoms with Crippen LogP contribution >= 0.6 is 0 Å². The monoisotopic (exact) mass is 412 g/mol. The lowest BCUT2D eigenvalue weighted by Crippen LogP contribution is -2.50. The van der Waals surface area contributed by atoms with E-state index in [2.05, 4.69) is 48.3 Å². The van der Waals surface area contributed by atoms with Crippen LogP contribution in [0.15, 0.2) is 28.8 Å². The summed E-state index contributed by atoms with van der Waals surface area (Å²) < 4.78 is 5.14. The number of carbonyl (C=O) groups excluding carboxylic acids is 2. The number of hydrogen-bond donors (Lipinski definition) is 1. The SMILES string of the molecule is Cc1noc(C)c1CC(=O)N1CCN(CC(=O)Nc2ccc(C(C)(C)C)cc2)CC1. The van der Waals surface area contributed by atoms with Gasteiger partial charge in [0.2, 0.25) is 11.8 Å². The Morgan fingerprint density at radius 3 is 2.23 bits per heavy atom. The van der Waals surface area contributed by atoms with Crippen LogP contribution in [0.4, 0.5) is 5.69 Å². The van der Waals surface area contributed by atoms with Crippen molar-refractivity contribution in [3.8, 4) is 0 Å². The summed E-state index contributed by atoms with van der Waals surface area (Å²) in [6.45, 7) is 13.1. The molecule has 2 heterocycles. The highest BCUT2D eigenvalue weighted by molar-refractivity contribution is 5.92. The predicted molar refractivity (Wildman–Crippen MR) is 116 cm³/mol. The molecule has 30 heavy (non-hydrogen) atoms. The standard InChI is InChI=1S/C23H32N4O3/c1-16-20(17(2)30-25-16)14-22(29)27-12-10-26(11-13-27)15-21(28)24-19-8-6-18(7-9-19)23(3,4)5/h6-9H,10-15H2,1-5H3,(H,24,28). The number of rotatable bonds is 5. The van der Waals surface area contributed by atoms with Gasteiger partial charge in [-0.25, -0.2) is 0 Å². The number of aryl methyl sites for hydroxylation is 2. The van der Waals surface area contributed by atoms with Gasteiger partial charge in [0.25, 0.3) is 0 Å². The van der Waals surface area contributed by atoms with E-state index in [-0.39, 0.29) is 17.2 Å². The van der Waals surface area contributed by atoms with Crippen LogP contribution in [0.5, 0.6) is 0 Å². The van der Waals surface area contributed by atoms with E-state index >= 15 is 0 Å². The second-order valence-corrected chi connectivity index (χ2v) is 9.01. The molecule has 0 unspecified atom stereocenters. The molecule has 1 saturated heterocycles. The molecule has 0 saturated carbocycles. The zero-order valence-electron chi connectivity index (χ0n) is 18.6. The third-order valence-corrected chi connectivity index (χ3v) is 5.64. The molecule has 1 aromatic heterocycles. The molecule has 7 heteroatoms. The average molecular weight is 413 g/mol. The molecule has 1 aliphatic rings. The predicted octanol–water partition coefficient (Wildman–Crippen LogP) is 2.91. The van der Waals surface area contributed by atoms with Gasteiger partial charge in [-0.3, -0.25) is 14.5 Å². The Bertz CT molecular complexity index is 869. The van der Waals surface area contributed by atoms with E-state index in [0.717, 1.165) is 16.9 Å². The zero-order chi connectivity index (χ0) is 21.9. The second kappa shape index (κ2) is 9.00. The second-order valence-electron chi connectivity index (χ2n) is 9.01. The summed E-state index contributed by atoms with van der Waals surface area (Å²) in [7, 11) is 0. The first-order valence-electron chi connectivity index (χ1n) is 10.5. The number of aromatic nitrogens is 1. The van der Waals surface area contributed by atoms with Crippen molar-refractivity contribution < 1.29 is 14.1 Å². The highest BCUT2D eigenvalue weighted by Crippen LogP contribution is 2.23. The molecule has 2 amide bonds. The molecular formula is C23H32N4O3. The van der Waals surface area contributed by atoms with E-state index < -0.39 is 0 Å². The minimum atomic E-state index is -0.0333. The fraction of sp³-hybridized carbons (Fsp3) is 0.522. The number of nitrogens with zero attached hydrogens (tertiary/aromatic N) is 3. The summed E-state index contributed by atoms with van der Waals surface area (Å²) in [5, 5.41) is 6.88. The van der Waals surface area contributed by atoms with Gasteiger partial charge in [-0.05, 0) is 37.0 Å². The number of piperazine rings is 1. The summed E-state index contributed by atoms with van der Waals surface area (Å²) in [5.41, 5.74) is 3.77. The fourth-order valence-electron chi connectivity index (χ4n) is 3.63. The van der Waals surface area contributed by atoms with Gasteiger partial charge in [-0.2, -0.15) is 0 Å². The number of amides is 2. The van der Waals surface area contributed by atoms with Crippen LogP contribution < -0.4 is 5.32 Å². The van der Waals surface area contributed by atoms with Gasteiger partial charge in [-0.1, -0.05) is 38.1 Å². The van der Waals surface area contributed by atoms with E-state index in [1.165, 1.54) is 5.56 Å². The molecule has 2 aromatic rings. The smallest absolute Gasteiger partial charge is 0.238 e. The summed E-state index contributed by atoms with van der Waals surface area (Å²) in [4.78, 5) is 28.9. The largest absolute Gasteiger partial charge is 0.361 e. The number of anilines is 1. The van der Waals surface area contributed by atoms with Crippen molar-refractivity contribution in [2.75, 3.05) is 38.0 Å². The van der Waals surface area contributed by atoms with E-state index in [1.807, 2.05) is 30.9 Å². The molecule has 0 spiro atoms. The molecule has 0 aliphatic carbocycles. The first kappa shape index (κ1) is 22.0. The molecule has 3 rings (SSSR count). The molecular weight excluding hydrogens is 380 g/mol. The Labute approximate surface area is 178 Å². The molecule has 0 radical (unpaired) electrons. The van der Waals surface area contributed by atoms with Crippen LogP contribution in [0.2, 0.25) is 0 Å². The van der Waals surface area contributed by atoms with Crippen molar-refractivity contribution in [1.29, 1.82) is 0 Å². The number of carbonyl (C=O) groups is 2. The minimum Gasteiger partial charge on any atom is -0.361 e. The number of nitrogens with one attached hydrogen (secondary N) is 1. The van der Waals surface area contributed by atoms with E-state index in [1.54, 1.807) is 0 Å². The van der Waals surface area contributed by atoms with Crippen LogP contribution in [0.1, 0.15) is 43.4 Å². The molecule has 1 aliphatic heterocycles. The van der Waals surface area contributed by atoms with Gasteiger partial charge in [0.1, 0.15) is 5.76 Å². The Balaban J connectivity index is 1.45. The maximum Gasteiger partial charge on any atom is 0.238 e. The van der Waals surface area contributed by atoms with Gasteiger partial charge in [0, 0.05) is 37.4 Å². The number of hydrogen-bond acceptors (Lipinski definition) is 5. The third kappa shape index (κ3) is 5.48. The molecule has 7 nitrogen and oxygen atoms in total. The third-order valence-electron chi connectivity index (χ3n) is 5.64. The van der Waals surface area contributed by atoms with Crippen molar-refractivity contribution in [2.24, 2.45) is 0 Å². The highest BCUT2D eigenvalue weighted by atomic mass is 16.5. The maximum atomic E-state index is 12.6. The van der Waals surface area contributed by atoms with E-state index in [9.17, 15) is 9.59 Å². The maximum absolute atomic E-state index is 12.6. The lowest BCUT2D eigenvalue weighted by atomic mass is 9.87. The van der Waals surface area contributed by atoms with Gasteiger partial charge < -0.3 is 14.7 Å². The molecule has 1 fully saturated rings. The van der Waals surface area contributed by atoms with E-state index in [0.29, 0.717) is 44.9 Å². The fourth-order valence-corrected chi connectivity index (χ4v) is 3.63. The van der Waals surface area contributed by atoms with E-state index in [4.69, 9.17) is 4.52 Å². The van der Waals surface area contributed by atoms with Crippen LogP contribution in [-0.2, 0) is 21.4 Å². The highest BCUT2D eigenvalue weighted by Gasteiger charge is 2.24. The normalized spacial score (nSPS) is 15.3. The summed E-state index contributed by atoms with van der Waals surface area (Å²) in [6, 6.07) is 8.01. The van der Waals surface area contributed by atoms with Crippen LogP contribution in [-0.4, -0.2) is 59.5 Å². The molecule has 0 bridgehead atoms. The topological polar surface area (TPSA) is 78.7 Å². The van der Waals surface area contributed by atoms with Gasteiger partial charge in [0.05, 0.1) is 18.7 Å². The Kier molecular flexibility index (Phi) is 6.61. The Hall–Kier alpha value is -2.67. The quantitative estimate of drug-likeness (QED) is 0.817. The number of benzene rings is 1. The lowest BCUT2D eigenvalue weighted by molar-refractivity contribution is -0.132. The first-order chi connectivity index (χ1) is 14.1. The summed E-state index contributed by atoms with van der Waals surface area (Å²) in [6.07, 6.45) is 0.312. The summed E-state index contributed by atoms with van der Waals surface area (Å²) in [5.74, 6) is 0.744. The minimum absolute atomic E-state index is 0.0333. The van der Waals surface area contributed by atoms with Crippen molar-refractivity contribution in [1.82, 2.24) is 15.0 Å². The Morgan fingerprint density at radius 1 is 1.07 bits per heavy atom. The summed E-state index contributed by atoms with van der Waals surface area (Å²) >= 11 is 0. The van der Waals surface area contributed by atoms with Crippen molar-refractivity contribution in [3.63, 3.8) is 0 Å². The van der Waals surface area contributed by atoms with Crippen LogP contribution in [0.3, 0.4) is 0 Å². The van der Waals surface area contributed by atoms with Gasteiger partial charge >= 0.3 is 0 Å². The van der Waals surface area contributed by atoms with Crippen LogP contribution in [0, 0.1) is 13.8 Å². The first-order valence-corrected chi connectivity index (χ1v) is 10.5. The molecule has 162 valence electrons. The lowest BCUT2D eigenvalue weighted by Gasteiger charge is -2.34. The van der Waals surface area contributed by atoms with Crippen molar-refractivity contribution in [2.45, 2.75) is 46.5 Å². The average Bonchev–Trinajstić information content (AvgIpc) is 3.00. The molecule has 1 N–H and O–H groups in total. The van der Waals surface area contributed by atoms with Crippen molar-refractivity contribution >= 4 is 17.5 Å². The van der Waals surface area contributed by atoms with Crippen molar-refractivity contribution in [3.05, 3.63) is 46.8 Å². The Morgan fingerprint density at radius 2 is 1.70 bits per heavy atom. The van der Waals surface area contributed by atoms with Crippen LogP contribution in [0.25, 0.3) is 0 Å². The molecule has 1 aromatic carbocycles. The molecule has 0 atom stereocenters.